The quantitative estimate of drug-likeness (QED) is 0.864. The molecule has 2 N–H and O–H groups in total. The van der Waals surface area contributed by atoms with E-state index in [0.29, 0.717) is 16.4 Å². The van der Waals surface area contributed by atoms with Crippen molar-refractivity contribution in [3.8, 4) is 0 Å². The molecule has 1 amide bonds. The summed E-state index contributed by atoms with van der Waals surface area (Å²) in [6.45, 7) is 5.03. The van der Waals surface area contributed by atoms with E-state index in [1.807, 2.05) is 0 Å². The van der Waals surface area contributed by atoms with Gasteiger partial charge in [-0.1, -0.05) is 37.8 Å². The first-order chi connectivity index (χ1) is 10.0. The second-order valence-electron chi connectivity index (χ2n) is 6.05. The highest BCUT2D eigenvalue weighted by molar-refractivity contribution is 6.33. The van der Waals surface area contributed by atoms with Crippen molar-refractivity contribution in [3.05, 3.63) is 22.8 Å². The predicted octanol–water partition coefficient (Wildman–Crippen LogP) is 4.01. The molecule has 0 bridgehead atoms. The Hall–Kier alpha value is -1.29. The van der Waals surface area contributed by atoms with Crippen LogP contribution in [0.5, 0.6) is 0 Å². The highest BCUT2D eigenvalue weighted by atomic mass is 35.5. The highest BCUT2D eigenvalue weighted by Gasteiger charge is 2.29. The lowest BCUT2D eigenvalue weighted by molar-refractivity contribution is 0.0883. The maximum Gasteiger partial charge on any atom is 0.253 e. The number of anilines is 1. The van der Waals surface area contributed by atoms with E-state index in [4.69, 9.17) is 11.6 Å². The molecule has 21 heavy (non-hydrogen) atoms. The Labute approximate surface area is 131 Å². The molecule has 0 spiro atoms. The molecule has 0 radical (unpaired) electrons. The Morgan fingerprint density at radius 2 is 2.10 bits per heavy atom. The van der Waals surface area contributed by atoms with Crippen LogP contribution in [0.1, 0.15) is 62.7 Å². The van der Waals surface area contributed by atoms with Crippen LogP contribution in [0.15, 0.2) is 12.3 Å². The van der Waals surface area contributed by atoms with Crippen molar-refractivity contribution in [2.24, 2.45) is 0 Å². The Bertz CT molecular complexity index is 498. The van der Waals surface area contributed by atoms with Gasteiger partial charge in [0.25, 0.3) is 5.91 Å². The zero-order chi connectivity index (χ0) is 15.3. The maximum atomic E-state index is 12.5. The van der Waals surface area contributed by atoms with E-state index in [0.717, 1.165) is 25.8 Å². The summed E-state index contributed by atoms with van der Waals surface area (Å²) in [5.74, 6) is 0.589. The lowest BCUT2D eigenvalue weighted by Crippen LogP contribution is -2.47. The molecule has 1 saturated carbocycles. The van der Waals surface area contributed by atoms with E-state index >= 15 is 0 Å². The molecule has 0 aliphatic heterocycles. The van der Waals surface area contributed by atoms with E-state index in [9.17, 15) is 4.79 Å². The van der Waals surface area contributed by atoms with E-state index in [2.05, 4.69) is 29.5 Å². The van der Waals surface area contributed by atoms with Crippen LogP contribution in [0.25, 0.3) is 0 Å². The van der Waals surface area contributed by atoms with Crippen molar-refractivity contribution in [3.63, 3.8) is 0 Å². The number of hydrogen-bond acceptors (Lipinski definition) is 3. The molecule has 2 rings (SSSR count). The largest absolute Gasteiger partial charge is 0.370 e. The lowest BCUT2D eigenvalue weighted by atomic mass is 9.83. The number of carbonyl (C=O) groups excluding carboxylic acids is 1. The summed E-state index contributed by atoms with van der Waals surface area (Å²) >= 11 is 6.14. The van der Waals surface area contributed by atoms with Gasteiger partial charge in [-0.15, -0.1) is 0 Å². The number of amides is 1. The second-order valence-corrected chi connectivity index (χ2v) is 6.46. The van der Waals surface area contributed by atoms with Gasteiger partial charge in [0.05, 0.1) is 10.6 Å². The van der Waals surface area contributed by atoms with Gasteiger partial charge in [0, 0.05) is 18.3 Å². The van der Waals surface area contributed by atoms with E-state index in [1.54, 1.807) is 6.07 Å². The molecule has 4 nitrogen and oxygen atoms in total. The third kappa shape index (κ3) is 4.34. The average Bonchev–Trinajstić information content (AvgIpc) is 2.46. The van der Waals surface area contributed by atoms with Crippen molar-refractivity contribution in [1.82, 2.24) is 10.3 Å². The molecular formula is C16H24ClN3O. The van der Waals surface area contributed by atoms with Crippen LogP contribution in [0.4, 0.5) is 5.82 Å². The van der Waals surface area contributed by atoms with Crippen molar-refractivity contribution in [1.29, 1.82) is 0 Å². The number of carbonyl (C=O) groups is 1. The molecule has 1 aliphatic rings. The zero-order valence-corrected chi connectivity index (χ0v) is 13.6. The summed E-state index contributed by atoms with van der Waals surface area (Å²) in [5, 5.41) is 6.73. The number of aromatic nitrogens is 1. The predicted molar refractivity (Wildman–Crippen MR) is 87.0 cm³/mol. The summed E-state index contributed by atoms with van der Waals surface area (Å²) in [5.41, 5.74) is 0.385. The molecule has 0 unspecified atom stereocenters. The van der Waals surface area contributed by atoms with Crippen LogP contribution in [-0.4, -0.2) is 23.0 Å². The minimum Gasteiger partial charge on any atom is -0.370 e. The van der Waals surface area contributed by atoms with Gasteiger partial charge in [-0.05, 0) is 32.3 Å². The van der Waals surface area contributed by atoms with Gasteiger partial charge in [-0.2, -0.15) is 0 Å². The van der Waals surface area contributed by atoms with Crippen molar-refractivity contribution in [2.45, 2.75) is 57.9 Å². The van der Waals surface area contributed by atoms with Crippen LogP contribution in [-0.2, 0) is 0 Å². The van der Waals surface area contributed by atoms with Gasteiger partial charge in [0.2, 0.25) is 0 Å². The van der Waals surface area contributed by atoms with Crippen LogP contribution in [0.2, 0.25) is 5.02 Å². The maximum absolute atomic E-state index is 12.5. The summed E-state index contributed by atoms with van der Waals surface area (Å²) < 4.78 is 0. The molecule has 116 valence electrons. The van der Waals surface area contributed by atoms with E-state index < -0.39 is 0 Å². The normalized spacial score (nSPS) is 17.3. The summed E-state index contributed by atoms with van der Waals surface area (Å²) in [7, 11) is 0. The van der Waals surface area contributed by atoms with E-state index in [1.165, 1.54) is 25.5 Å². The zero-order valence-electron chi connectivity index (χ0n) is 12.8. The van der Waals surface area contributed by atoms with Gasteiger partial charge in [-0.3, -0.25) is 4.79 Å². The molecule has 1 aromatic rings. The molecule has 5 heteroatoms. The molecule has 1 aliphatic carbocycles. The van der Waals surface area contributed by atoms with Crippen LogP contribution < -0.4 is 10.6 Å². The summed E-state index contributed by atoms with van der Waals surface area (Å²) in [6, 6.07) is 1.74. The standard InChI is InChI=1S/C16H24ClN3O/c1-3-9-18-14-10-12(13(17)11-19-14)15(21)20-16(2)7-5-4-6-8-16/h10-11H,3-9H2,1-2H3,(H,18,19)(H,20,21). The topological polar surface area (TPSA) is 54.0 Å². The van der Waals surface area contributed by atoms with E-state index in [-0.39, 0.29) is 11.4 Å². The lowest BCUT2D eigenvalue weighted by Gasteiger charge is -2.34. The first kappa shape index (κ1) is 16.1. The number of nitrogens with one attached hydrogen (secondary N) is 2. The Morgan fingerprint density at radius 1 is 1.38 bits per heavy atom. The minimum atomic E-state index is -0.112. The smallest absolute Gasteiger partial charge is 0.253 e. The first-order valence-electron chi connectivity index (χ1n) is 7.76. The third-order valence-corrected chi connectivity index (χ3v) is 4.33. The Balaban J connectivity index is 2.10. The summed E-state index contributed by atoms with van der Waals surface area (Å²) in [6.07, 6.45) is 8.20. The fraction of sp³-hybridized carbons (Fsp3) is 0.625. The number of halogens is 1. The number of rotatable bonds is 5. The number of nitrogens with zero attached hydrogens (tertiary/aromatic N) is 1. The van der Waals surface area contributed by atoms with Crippen molar-refractivity contribution in [2.75, 3.05) is 11.9 Å². The Kier molecular flexibility index (Phi) is 5.45. The SMILES string of the molecule is CCCNc1cc(C(=O)NC2(C)CCCCC2)c(Cl)cn1. The fourth-order valence-electron chi connectivity index (χ4n) is 2.76. The highest BCUT2D eigenvalue weighted by Crippen LogP contribution is 2.28. The molecule has 1 fully saturated rings. The van der Waals surface area contributed by atoms with Crippen LogP contribution in [0, 0.1) is 0 Å². The first-order valence-corrected chi connectivity index (χ1v) is 8.14. The van der Waals surface area contributed by atoms with Gasteiger partial charge in [0.1, 0.15) is 5.82 Å². The van der Waals surface area contributed by atoms with Gasteiger partial charge < -0.3 is 10.6 Å². The molecule has 1 aromatic heterocycles. The van der Waals surface area contributed by atoms with Crippen molar-refractivity contribution < 1.29 is 4.79 Å². The monoisotopic (exact) mass is 309 g/mol. The molecule has 1 heterocycles. The minimum absolute atomic E-state index is 0.105. The molecule has 0 atom stereocenters. The van der Waals surface area contributed by atoms with Crippen LogP contribution >= 0.6 is 11.6 Å². The number of hydrogen-bond donors (Lipinski definition) is 2. The molecule has 0 saturated heterocycles. The van der Waals surface area contributed by atoms with Gasteiger partial charge in [-0.25, -0.2) is 4.98 Å². The molecular weight excluding hydrogens is 286 g/mol. The Morgan fingerprint density at radius 3 is 2.76 bits per heavy atom. The van der Waals surface area contributed by atoms with Gasteiger partial charge in [0.15, 0.2) is 0 Å². The summed E-state index contributed by atoms with van der Waals surface area (Å²) in [4.78, 5) is 16.7. The average molecular weight is 310 g/mol. The third-order valence-electron chi connectivity index (χ3n) is 4.03. The number of pyridine rings is 1. The van der Waals surface area contributed by atoms with Crippen molar-refractivity contribution >= 4 is 23.3 Å². The molecule has 0 aromatic carbocycles. The van der Waals surface area contributed by atoms with Crippen LogP contribution in [0.3, 0.4) is 0 Å². The fourth-order valence-corrected chi connectivity index (χ4v) is 2.95. The van der Waals surface area contributed by atoms with Gasteiger partial charge >= 0.3 is 0 Å². The second kappa shape index (κ2) is 7.12.